The maximum Gasteiger partial charge on any atom is 0.410 e. The molecular formula is C35H40F2N4O7. The molecule has 1 N–H and O–H groups in total. The van der Waals surface area contributed by atoms with Gasteiger partial charge in [0.2, 0.25) is 5.43 Å². The molecule has 0 atom stereocenters. The normalized spacial score (nSPS) is 15.7. The lowest BCUT2D eigenvalue weighted by atomic mass is 9.83. The summed E-state index contributed by atoms with van der Waals surface area (Å²) < 4.78 is 46.2. The van der Waals surface area contributed by atoms with Gasteiger partial charge in [0.05, 0.1) is 12.1 Å². The van der Waals surface area contributed by atoms with Crippen LogP contribution in [0.5, 0.6) is 5.75 Å². The van der Waals surface area contributed by atoms with Crippen molar-refractivity contribution in [2.45, 2.75) is 64.4 Å². The number of piperidine rings is 1. The van der Waals surface area contributed by atoms with Crippen LogP contribution in [0.15, 0.2) is 59.5 Å². The predicted molar refractivity (Wildman–Crippen MR) is 172 cm³/mol. The fourth-order valence-electron chi connectivity index (χ4n) is 6.07. The summed E-state index contributed by atoms with van der Waals surface area (Å²) >= 11 is 0. The summed E-state index contributed by atoms with van der Waals surface area (Å²) in [5.74, 6) is -3.17. The van der Waals surface area contributed by atoms with Crippen molar-refractivity contribution in [3.05, 3.63) is 99.0 Å². The van der Waals surface area contributed by atoms with E-state index in [1.54, 1.807) is 47.3 Å². The van der Waals surface area contributed by atoms with Gasteiger partial charge in [0.1, 0.15) is 29.4 Å². The van der Waals surface area contributed by atoms with Crippen LogP contribution in [0.1, 0.15) is 65.6 Å². The number of methoxy groups -OCH3 is 1. The number of aromatic nitrogens is 1. The molecule has 48 heavy (non-hydrogen) atoms. The summed E-state index contributed by atoms with van der Waals surface area (Å²) in [5.41, 5.74) is -1.79. The molecule has 5 rings (SSSR count). The number of carbonyl (C=O) groups is 3. The van der Waals surface area contributed by atoms with E-state index in [2.05, 4.69) is 5.32 Å². The van der Waals surface area contributed by atoms with Crippen LogP contribution in [0, 0.1) is 11.6 Å². The first-order valence-electron chi connectivity index (χ1n) is 15.8. The summed E-state index contributed by atoms with van der Waals surface area (Å²) in [4.78, 5) is 57.9. The zero-order chi connectivity index (χ0) is 34.6. The minimum Gasteiger partial charge on any atom is -0.483 e. The summed E-state index contributed by atoms with van der Waals surface area (Å²) in [7, 11) is 1.53. The first-order valence-corrected chi connectivity index (χ1v) is 15.8. The minimum absolute atomic E-state index is 0.00615. The standard InChI is InChI=1S/C35H40F2N4O7/c1-34(2,3)48-33(45)39-14-12-35(13-15-39)22-40-20-26(31(43)38-19-24-10-11-25(36)18-27(24)37)29(42)30(47-21-23-8-6-5-7-9-23)28(40)32(44)41(35)16-17-46-4/h5-11,18,20H,12-17,19,21-22H2,1-4H3,(H,38,43). The average molecular weight is 667 g/mol. The van der Waals surface area contributed by atoms with Crippen molar-refractivity contribution in [3.8, 4) is 5.75 Å². The first kappa shape index (κ1) is 34.6. The van der Waals surface area contributed by atoms with E-state index in [0.29, 0.717) is 32.0 Å². The molecule has 3 amide bonds. The zero-order valence-electron chi connectivity index (χ0n) is 27.5. The number of nitrogens with zero attached hydrogens (tertiary/aromatic N) is 3. The Kier molecular flexibility index (Phi) is 10.2. The fourth-order valence-corrected chi connectivity index (χ4v) is 6.07. The maximum atomic E-state index is 14.4. The zero-order valence-corrected chi connectivity index (χ0v) is 27.5. The van der Waals surface area contributed by atoms with Crippen LogP contribution in [-0.2, 0) is 29.2 Å². The molecule has 0 unspecified atom stereocenters. The lowest BCUT2D eigenvalue weighted by Crippen LogP contribution is -2.64. The van der Waals surface area contributed by atoms with Gasteiger partial charge in [-0.1, -0.05) is 36.4 Å². The second-order valence-electron chi connectivity index (χ2n) is 13.0. The van der Waals surface area contributed by atoms with Crippen molar-refractivity contribution in [3.63, 3.8) is 0 Å². The number of likely N-dealkylation sites (tertiary alicyclic amines) is 1. The molecule has 1 fully saturated rings. The minimum atomic E-state index is -0.842. The van der Waals surface area contributed by atoms with Crippen LogP contribution in [0.3, 0.4) is 0 Å². The van der Waals surface area contributed by atoms with Gasteiger partial charge in [0.25, 0.3) is 11.8 Å². The van der Waals surface area contributed by atoms with Crippen molar-refractivity contribution in [1.82, 2.24) is 19.7 Å². The molecule has 0 saturated carbocycles. The quantitative estimate of drug-likeness (QED) is 0.357. The first-order chi connectivity index (χ1) is 22.8. The van der Waals surface area contributed by atoms with Gasteiger partial charge in [0.15, 0.2) is 11.4 Å². The number of nitrogens with one attached hydrogen (secondary N) is 1. The highest BCUT2D eigenvalue weighted by Crippen LogP contribution is 2.38. The largest absolute Gasteiger partial charge is 0.483 e. The second kappa shape index (κ2) is 14.1. The molecule has 2 aromatic carbocycles. The molecule has 1 aromatic heterocycles. The summed E-state index contributed by atoms with van der Waals surface area (Å²) in [6, 6.07) is 12.0. The van der Waals surface area contributed by atoms with E-state index in [9.17, 15) is 28.0 Å². The van der Waals surface area contributed by atoms with E-state index in [1.807, 2.05) is 18.2 Å². The topological polar surface area (TPSA) is 119 Å². The molecule has 13 heteroatoms. The Hall–Kier alpha value is -4.78. The smallest absolute Gasteiger partial charge is 0.410 e. The number of amides is 3. The number of benzene rings is 2. The van der Waals surface area contributed by atoms with Crippen LogP contribution in [0.25, 0.3) is 0 Å². The fraction of sp³-hybridized carbons (Fsp3) is 0.429. The van der Waals surface area contributed by atoms with Gasteiger partial charge in [-0.2, -0.15) is 0 Å². The number of rotatable bonds is 9. The summed E-state index contributed by atoms with van der Waals surface area (Å²) in [6.45, 7) is 6.31. The molecule has 1 spiro atoms. The molecular weight excluding hydrogens is 626 g/mol. The molecule has 1 saturated heterocycles. The van der Waals surface area contributed by atoms with Gasteiger partial charge < -0.3 is 33.9 Å². The Bertz CT molecular complexity index is 1730. The number of ether oxygens (including phenoxy) is 3. The van der Waals surface area contributed by atoms with Gasteiger partial charge in [0, 0.05) is 57.7 Å². The van der Waals surface area contributed by atoms with E-state index in [-0.39, 0.29) is 55.4 Å². The Balaban J connectivity index is 1.51. The highest BCUT2D eigenvalue weighted by Gasteiger charge is 2.49. The Labute approximate surface area is 277 Å². The van der Waals surface area contributed by atoms with Crippen molar-refractivity contribution in [1.29, 1.82) is 0 Å². The van der Waals surface area contributed by atoms with Crippen LogP contribution >= 0.6 is 0 Å². The number of halogens is 2. The molecule has 2 aliphatic rings. The van der Waals surface area contributed by atoms with Crippen LogP contribution in [0.2, 0.25) is 0 Å². The van der Waals surface area contributed by atoms with E-state index < -0.39 is 46.1 Å². The van der Waals surface area contributed by atoms with Crippen LogP contribution in [-0.4, -0.2) is 76.8 Å². The lowest BCUT2D eigenvalue weighted by molar-refractivity contribution is -0.0203. The highest BCUT2D eigenvalue weighted by atomic mass is 19.1. The third-order valence-electron chi connectivity index (χ3n) is 8.51. The average Bonchev–Trinajstić information content (AvgIpc) is 3.03. The molecule has 3 aromatic rings. The molecule has 256 valence electrons. The predicted octanol–water partition coefficient (Wildman–Crippen LogP) is 4.51. The van der Waals surface area contributed by atoms with Gasteiger partial charge >= 0.3 is 6.09 Å². The molecule has 0 aliphatic carbocycles. The van der Waals surface area contributed by atoms with E-state index in [4.69, 9.17) is 14.2 Å². The maximum absolute atomic E-state index is 14.4. The van der Waals surface area contributed by atoms with Gasteiger partial charge in [-0.25, -0.2) is 13.6 Å². The summed E-state index contributed by atoms with van der Waals surface area (Å²) in [5, 5.41) is 2.54. The highest BCUT2D eigenvalue weighted by molar-refractivity contribution is 5.99. The lowest BCUT2D eigenvalue weighted by Gasteiger charge is -2.52. The molecule has 11 nitrogen and oxygen atoms in total. The van der Waals surface area contributed by atoms with Crippen molar-refractivity contribution in [2.75, 3.05) is 33.4 Å². The van der Waals surface area contributed by atoms with Crippen LogP contribution < -0.4 is 15.5 Å². The third kappa shape index (κ3) is 7.51. The van der Waals surface area contributed by atoms with E-state index in [0.717, 1.165) is 11.6 Å². The number of hydrogen-bond acceptors (Lipinski definition) is 7. The SMILES string of the molecule is COCCN1C(=O)c2c(OCc3ccccc3)c(=O)c(C(=O)NCc3ccc(F)cc3F)cn2CC12CCN(C(=O)OC(C)(C)C)CC2. The van der Waals surface area contributed by atoms with Gasteiger partial charge in [-0.3, -0.25) is 14.4 Å². The second-order valence-corrected chi connectivity index (χ2v) is 13.0. The van der Waals surface area contributed by atoms with Crippen molar-refractivity contribution in [2.24, 2.45) is 0 Å². The van der Waals surface area contributed by atoms with E-state index in [1.165, 1.54) is 19.4 Å². The third-order valence-corrected chi connectivity index (χ3v) is 8.51. The Morgan fingerprint density at radius 1 is 1.02 bits per heavy atom. The summed E-state index contributed by atoms with van der Waals surface area (Å²) in [6.07, 6.45) is 1.69. The van der Waals surface area contributed by atoms with Crippen LogP contribution in [0.4, 0.5) is 13.6 Å². The van der Waals surface area contributed by atoms with Crippen molar-refractivity contribution >= 4 is 17.9 Å². The number of hydrogen-bond donors (Lipinski definition) is 1. The Morgan fingerprint density at radius 3 is 2.38 bits per heavy atom. The number of pyridine rings is 1. The molecule has 3 heterocycles. The van der Waals surface area contributed by atoms with E-state index >= 15 is 0 Å². The van der Waals surface area contributed by atoms with Gasteiger partial charge in [-0.15, -0.1) is 0 Å². The Morgan fingerprint density at radius 2 is 1.73 bits per heavy atom. The number of fused-ring (bicyclic) bond motifs is 1. The molecule has 0 bridgehead atoms. The number of carbonyl (C=O) groups excluding carboxylic acids is 3. The van der Waals surface area contributed by atoms with Gasteiger partial charge in [-0.05, 0) is 45.2 Å². The molecule has 2 aliphatic heterocycles. The molecule has 0 radical (unpaired) electrons. The monoisotopic (exact) mass is 666 g/mol. The van der Waals surface area contributed by atoms with Crippen molar-refractivity contribution < 1.29 is 37.4 Å².